The Bertz CT molecular complexity index is 3940. The number of hydrogen-bond acceptors (Lipinski definition) is 4. The van der Waals surface area contributed by atoms with Crippen molar-refractivity contribution in [1.29, 1.82) is 0 Å². The van der Waals surface area contributed by atoms with E-state index >= 15 is 0 Å². The smallest absolute Gasteiger partial charge is 0.0513 e. The first kappa shape index (κ1) is 37.8. The van der Waals surface area contributed by atoms with Crippen LogP contribution in [0.3, 0.4) is 0 Å². The highest BCUT2D eigenvalue weighted by Gasteiger charge is 2.26. The molecule has 63 heavy (non-hydrogen) atoms. The molecule has 0 saturated heterocycles. The lowest BCUT2D eigenvalue weighted by Gasteiger charge is -2.22. The Balaban J connectivity index is 1.25. The average molecular weight is 817 g/mol. The zero-order valence-corrected chi connectivity index (χ0v) is 36.8. The molecule has 0 amide bonds. The van der Waals surface area contributed by atoms with Crippen molar-refractivity contribution < 1.29 is 0 Å². The zero-order chi connectivity index (χ0) is 42.7. The molecule has 12 rings (SSSR count). The number of fused-ring (bicyclic) bond motifs is 6. The summed E-state index contributed by atoms with van der Waals surface area (Å²) in [6, 6.07) is 50.8. The van der Waals surface area contributed by atoms with Crippen LogP contribution in [0.2, 0.25) is 0 Å². The molecule has 10 aromatic carbocycles. The van der Waals surface area contributed by atoms with Gasteiger partial charge in [-0.25, -0.2) is 0 Å². The van der Waals surface area contributed by atoms with Crippen LogP contribution in [-0.4, -0.2) is 19.6 Å². The van der Waals surface area contributed by atoms with Crippen LogP contribution in [-0.2, 0) is 0 Å². The highest BCUT2D eigenvalue weighted by atomic mass is 14.9. The summed E-state index contributed by atoms with van der Waals surface area (Å²) in [5.41, 5.74) is 16.6. The number of nitrogens with two attached hydrogens (primary N) is 1. The highest BCUT2D eigenvalue weighted by Crippen LogP contribution is 2.49. The maximum Gasteiger partial charge on any atom is 0.0513 e. The molecule has 4 nitrogen and oxygen atoms in total. The first-order chi connectivity index (χ1) is 31.0. The van der Waals surface area contributed by atoms with E-state index in [1.807, 2.05) is 0 Å². The van der Waals surface area contributed by atoms with Crippen LogP contribution in [0.5, 0.6) is 0 Å². The van der Waals surface area contributed by atoms with Crippen LogP contribution in [0.4, 0.5) is 17.1 Å². The quantitative estimate of drug-likeness (QED) is 0.0776. The van der Waals surface area contributed by atoms with Gasteiger partial charge in [-0.05, 0) is 129 Å². The Hall–Kier alpha value is -6.88. The van der Waals surface area contributed by atoms with Crippen molar-refractivity contribution in [3.8, 4) is 22.3 Å². The van der Waals surface area contributed by atoms with Crippen molar-refractivity contribution in [2.45, 2.75) is 59.0 Å². The fourth-order valence-electron chi connectivity index (χ4n) is 11.5. The minimum absolute atomic E-state index is 0.0512. The molecule has 308 valence electrons. The molecule has 10 aromatic rings. The minimum atomic E-state index is -0.0512. The van der Waals surface area contributed by atoms with Crippen molar-refractivity contribution in [3.63, 3.8) is 0 Å². The van der Waals surface area contributed by atoms with Gasteiger partial charge in [0.2, 0.25) is 0 Å². The molecule has 0 bridgehead atoms. The third kappa shape index (κ3) is 5.19. The number of anilines is 3. The van der Waals surface area contributed by atoms with E-state index in [4.69, 9.17) is 5.73 Å². The molecule has 0 aromatic heterocycles. The summed E-state index contributed by atoms with van der Waals surface area (Å²) >= 11 is 0. The van der Waals surface area contributed by atoms with E-state index in [-0.39, 0.29) is 6.04 Å². The van der Waals surface area contributed by atoms with Crippen molar-refractivity contribution in [3.05, 3.63) is 181 Å². The van der Waals surface area contributed by atoms with Crippen LogP contribution in [0.15, 0.2) is 133 Å². The van der Waals surface area contributed by atoms with Crippen LogP contribution < -0.4 is 21.7 Å². The summed E-state index contributed by atoms with van der Waals surface area (Å²) in [5.74, 6) is 0. The fraction of sp³-hybridized carbons (Fsp3) is 0.186. The van der Waals surface area contributed by atoms with Crippen LogP contribution in [0, 0.1) is 41.7 Å². The standard InChI is InChI=1S/C59H52N4/c1-6-31-62-59-49(34-17-13-10-14-18-34)48(33-15-11-9-12-16-33)58(61-5)56-44-27-23-37-35-19-20-39-40-21-25-42-47(63-32(4)7-2)30-29-41(46(60)8-3)54(42)53(40)43-26-22-36(50(35)52(39)43)38-24-28-45(57(56)59)55(44)51(37)38/h9-30,32,46,61-63H,6-8,31,60H2,1-5H3. The molecular formula is C59H52N4. The van der Waals surface area contributed by atoms with Crippen LogP contribution in [0.1, 0.15) is 58.6 Å². The normalized spacial score (nSPS) is 13.4. The van der Waals surface area contributed by atoms with Gasteiger partial charge >= 0.3 is 0 Å². The van der Waals surface area contributed by atoms with Gasteiger partial charge in [0.15, 0.2) is 0 Å². The molecule has 0 spiro atoms. The fourth-order valence-corrected chi connectivity index (χ4v) is 11.5. The first-order valence-corrected chi connectivity index (χ1v) is 23.1. The van der Waals surface area contributed by atoms with Gasteiger partial charge in [-0.1, -0.05) is 148 Å². The second-order valence-electron chi connectivity index (χ2n) is 17.9. The lowest BCUT2D eigenvalue weighted by Crippen LogP contribution is -2.15. The molecule has 4 heteroatoms. The molecule has 0 saturated carbocycles. The molecule has 5 N–H and O–H groups in total. The third-order valence-electron chi connectivity index (χ3n) is 14.5. The Labute approximate surface area is 366 Å². The van der Waals surface area contributed by atoms with Gasteiger partial charge in [-0.2, -0.15) is 0 Å². The van der Waals surface area contributed by atoms with E-state index in [1.165, 1.54) is 140 Å². The number of hydrogen-bond donors (Lipinski definition) is 4. The maximum atomic E-state index is 6.97. The molecule has 2 atom stereocenters. The Morgan fingerprint density at radius 1 is 0.476 bits per heavy atom. The molecule has 0 radical (unpaired) electrons. The van der Waals surface area contributed by atoms with Crippen LogP contribution >= 0.6 is 0 Å². The molecule has 2 unspecified atom stereocenters. The summed E-state index contributed by atoms with van der Waals surface area (Å²) in [6.07, 6.45) is 2.96. The second kappa shape index (κ2) is 14.3. The van der Waals surface area contributed by atoms with Crippen molar-refractivity contribution in [2.24, 2.45) is 5.73 Å². The van der Waals surface area contributed by atoms with Gasteiger partial charge in [-0.3, -0.25) is 0 Å². The van der Waals surface area contributed by atoms with E-state index in [9.17, 15) is 0 Å². The van der Waals surface area contributed by atoms with Gasteiger partial charge in [0.05, 0.1) is 11.4 Å². The monoisotopic (exact) mass is 816 g/mol. The zero-order valence-electron chi connectivity index (χ0n) is 36.8. The maximum absolute atomic E-state index is 6.97. The topological polar surface area (TPSA) is 62.1 Å². The summed E-state index contributed by atoms with van der Waals surface area (Å²) in [5, 5.41) is 35.2. The largest absolute Gasteiger partial charge is 0.387 e. The number of benzene rings is 10. The summed E-state index contributed by atoms with van der Waals surface area (Å²) in [7, 11) is 2.09. The lowest BCUT2D eigenvalue weighted by molar-refractivity contribution is 0.704. The van der Waals surface area contributed by atoms with Crippen molar-refractivity contribution in [1.82, 2.24) is 0 Å². The highest BCUT2D eigenvalue weighted by molar-refractivity contribution is 6.33. The molecule has 0 fully saturated rings. The van der Waals surface area contributed by atoms with E-state index < -0.39 is 0 Å². The van der Waals surface area contributed by atoms with E-state index in [0.717, 1.165) is 25.8 Å². The molecular weight excluding hydrogens is 765 g/mol. The number of rotatable bonds is 11. The third-order valence-corrected chi connectivity index (χ3v) is 14.5. The average Bonchev–Trinajstić information content (AvgIpc) is 3.86. The van der Waals surface area contributed by atoms with Crippen molar-refractivity contribution in [2.75, 3.05) is 29.5 Å². The Kier molecular flexibility index (Phi) is 8.61. The van der Waals surface area contributed by atoms with Crippen molar-refractivity contribution >= 4 is 70.9 Å². The lowest BCUT2D eigenvalue weighted by atomic mass is 9.88. The number of nitrogens with one attached hydrogen (secondary N) is 3. The van der Waals surface area contributed by atoms with Gasteiger partial charge in [0, 0.05) is 58.3 Å². The SMILES string of the molecule is CCCNc1c(-c2ccccc2)c(-c2ccccc2)c(NC)c2c1=c1ccc3c4ccc5c6c(ccc(c7ccc=2c1c73)c64)=c1ccc2c(NC(C)CC)ccc(C(N)CC)c2c1=5. The second-order valence-corrected chi connectivity index (χ2v) is 17.9. The van der Waals surface area contributed by atoms with Gasteiger partial charge in [-0.15, -0.1) is 0 Å². The Morgan fingerprint density at radius 3 is 1.54 bits per heavy atom. The van der Waals surface area contributed by atoms with Gasteiger partial charge in [0.25, 0.3) is 0 Å². The predicted molar refractivity (Wildman–Crippen MR) is 269 cm³/mol. The molecule has 2 aliphatic rings. The Morgan fingerprint density at radius 2 is 0.984 bits per heavy atom. The van der Waals surface area contributed by atoms with Crippen LogP contribution in [0.25, 0.3) is 76.1 Å². The predicted octanol–water partition coefficient (Wildman–Crippen LogP) is 14.5. The first-order valence-electron chi connectivity index (χ1n) is 23.1. The molecule has 0 aliphatic heterocycles. The summed E-state index contributed by atoms with van der Waals surface area (Å²) in [4.78, 5) is 0. The molecule has 0 heterocycles. The van der Waals surface area contributed by atoms with Gasteiger partial charge < -0.3 is 21.7 Å². The van der Waals surface area contributed by atoms with Gasteiger partial charge in [0.1, 0.15) is 0 Å². The van der Waals surface area contributed by atoms with E-state index in [2.05, 4.69) is 184 Å². The molecule has 2 aliphatic carbocycles. The minimum Gasteiger partial charge on any atom is -0.387 e. The summed E-state index contributed by atoms with van der Waals surface area (Å²) in [6.45, 7) is 9.83. The van der Waals surface area contributed by atoms with E-state index in [1.54, 1.807) is 0 Å². The van der Waals surface area contributed by atoms with E-state index in [0.29, 0.717) is 6.04 Å². The summed E-state index contributed by atoms with van der Waals surface area (Å²) < 4.78 is 0.